The van der Waals surface area contributed by atoms with Gasteiger partial charge in [-0.3, -0.25) is 14.8 Å². The Bertz CT molecular complexity index is 656. The first kappa shape index (κ1) is 16.6. The van der Waals surface area contributed by atoms with E-state index in [1.54, 1.807) is 5.48 Å². The van der Waals surface area contributed by atoms with Gasteiger partial charge in [-0.2, -0.15) is 0 Å². The first-order valence-electron chi connectivity index (χ1n) is 9.40. The third-order valence-corrected chi connectivity index (χ3v) is 6.62. The molecule has 2 saturated carbocycles. The van der Waals surface area contributed by atoms with E-state index in [4.69, 9.17) is 5.21 Å². The largest absolute Gasteiger partial charge is 0.342 e. The molecule has 2 amide bonds. The number of carbonyl (C=O) groups excluding carboxylic acids is 2. The maximum Gasteiger partial charge on any atom is 0.247 e. The molecule has 0 aromatic heterocycles. The first-order valence-corrected chi connectivity index (χ1v) is 9.40. The number of amides is 2. The van der Waals surface area contributed by atoms with Crippen LogP contribution < -0.4 is 5.48 Å². The van der Waals surface area contributed by atoms with E-state index in [0.717, 1.165) is 51.6 Å². The summed E-state index contributed by atoms with van der Waals surface area (Å²) >= 11 is 0. The maximum absolute atomic E-state index is 13.1. The van der Waals surface area contributed by atoms with Crippen LogP contribution in [0, 0.1) is 17.3 Å². The van der Waals surface area contributed by atoms with Crippen LogP contribution in [0.1, 0.15) is 50.0 Å². The molecule has 2 unspecified atom stereocenters. The van der Waals surface area contributed by atoms with E-state index in [9.17, 15) is 9.59 Å². The minimum absolute atomic E-state index is 0.0996. The van der Waals surface area contributed by atoms with Gasteiger partial charge in [0.25, 0.3) is 0 Å². The molecule has 0 bridgehead atoms. The molecule has 1 aliphatic heterocycles. The van der Waals surface area contributed by atoms with Gasteiger partial charge in [0.1, 0.15) is 0 Å². The fourth-order valence-corrected chi connectivity index (χ4v) is 4.85. The van der Waals surface area contributed by atoms with Crippen molar-refractivity contribution in [1.29, 1.82) is 0 Å². The molecule has 3 atom stereocenters. The van der Waals surface area contributed by atoms with E-state index in [-0.39, 0.29) is 29.1 Å². The summed E-state index contributed by atoms with van der Waals surface area (Å²) in [7, 11) is 0. The van der Waals surface area contributed by atoms with E-state index in [0.29, 0.717) is 5.92 Å². The second-order valence-electron chi connectivity index (χ2n) is 8.11. The quantitative estimate of drug-likeness (QED) is 0.655. The Morgan fingerprint density at radius 3 is 2.52 bits per heavy atom. The van der Waals surface area contributed by atoms with Crippen LogP contribution in [0.3, 0.4) is 0 Å². The molecule has 134 valence electrons. The van der Waals surface area contributed by atoms with Gasteiger partial charge in [0, 0.05) is 24.9 Å². The number of hydrogen-bond donors (Lipinski definition) is 2. The van der Waals surface area contributed by atoms with Crippen LogP contribution in [0.4, 0.5) is 0 Å². The normalized spacial score (nSPS) is 30.3. The Balaban J connectivity index is 1.45. The molecule has 0 radical (unpaired) electrons. The van der Waals surface area contributed by atoms with Crippen molar-refractivity contribution >= 4 is 11.8 Å². The molecule has 1 heterocycles. The number of rotatable bonds is 3. The van der Waals surface area contributed by atoms with Crippen LogP contribution >= 0.6 is 0 Å². The molecule has 5 heteroatoms. The van der Waals surface area contributed by atoms with Gasteiger partial charge in [0.2, 0.25) is 11.8 Å². The van der Waals surface area contributed by atoms with Crippen LogP contribution in [-0.4, -0.2) is 35.0 Å². The molecule has 1 saturated heterocycles. The Morgan fingerprint density at radius 2 is 1.84 bits per heavy atom. The van der Waals surface area contributed by atoms with Crippen molar-refractivity contribution in [2.45, 2.75) is 44.4 Å². The van der Waals surface area contributed by atoms with E-state index in [1.807, 2.05) is 23.1 Å². The third-order valence-electron chi connectivity index (χ3n) is 6.62. The number of likely N-dealkylation sites (tertiary alicyclic amines) is 1. The lowest BCUT2D eigenvalue weighted by molar-refractivity contribution is -0.147. The number of carbonyl (C=O) groups is 2. The average Bonchev–Trinajstić information content (AvgIpc) is 3.22. The highest BCUT2D eigenvalue weighted by atomic mass is 16.5. The lowest BCUT2D eigenvalue weighted by Crippen LogP contribution is -2.46. The molecule has 25 heavy (non-hydrogen) atoms. The van der Waals surface area contributed by atoms with E-state index in [1.165, 1.54) is 5.56 Å². The van der Waals surface area contributed by atoms with Crippen molar-refractivity contribution in [2.75, 3.05) is 13.1 Å². The van der Waals surface area contributed by atoms with Crippen molar-refractivity contribution in [2.24, 2.45) is 17.3 Å². The average molecular weight is 342 g/mol. The summed E-state index contributed by atoms with van der Waals surface area (Å²) < 4.78 is 0. The number of hydrogen-bond acceptors (Lipinski definition) is 3. The molecular formula is C20H26N2O3. The summed E-state index contributed by atoms with van der Waals surface area (Å²) in [5, 5.41) is 9.11. The van der Waals surface area contributed by atoms with E-state index < -0.39 is 0 Å². The molecule has 1 aromatic rings. The second-order valence-corrected chi connectivity index (χ2v) is 8.11. The third kappa shape index (κ3) is 3.17. The molecular weight excluding hydrogens is 316 g/mol. The molecule has 1 spiro atoms. The van der Waals surface area contributed by atoms with Crippen LogP contribution in [0.2, 0.25) is 0 Å². The predicted molar refractivity (Wildman–Crippen MR) is 92.8 cm³/mol. The lowest BCUT2D eigenvalue weighted by Gasteiger charge is -2.36. The minimum Gasteiger partial charge on any atom is -0.342 e. The number of hydroxylamine groups is 1. The Kier molecular flexibility index (Phi) is 4.28. The monoisotopic (exact) mass is 342 g/mol. The SMILES string of the molecule is O=C(NO)C1CC2(CCC1C(=O)N1CC[C@H](c3ccccc3)C1)CC2. The van der Waals surface area contributed by atoms with Crippen LogP contribution in [-0.2, 0) is 9.59 Å². The summed E-state index contributed by atoms with van der Waals surface area (Å²) in [6.45, 7) is 1.49. The van der Waals surface area contributed by atoms with E-state index in [2.05, 4.69) is 12.1 Å². The van der Waals surface area contributed by atoms with Crippen molar-refractivity contribution in [3.8, 4) is 0 Å². The minimum atomic E-state index is -0.386. The van der Waals surface area contributed by atoms with Crippen molar-refractivity contribution in [3.05, 3.63) is 35.9 Å². The zero-order valence-corrected chi connectivity index (χ0v) is 14.5. The molecule has 1 aromatic carbocycles. The Morgan fingerprint density at radius 1 is 1.08 bits per heavy atom. The highest BCUT2D eigenvalue weighted by Gasteiger charge is 2.52. The molecule has 3 aliphatic rings. The fourth-order valence-electron chi connectivity index (χ4n) is 4.85. The van der Waals surface area contributed by atoms with Crippen molar-refractivity contribution < 1.29 is 14.8 Å². The number of nitrogens with one attached hydrogen (secondary N) is 1. The second kappa shape index (κ2) is 6.45. The van der Waals surface area contributed by atoms with Crippen molar-refractivity contribution in [1.82, 2.24) is 10.4 Å². The van der Waals surface area contributed by atoms with Gasteiger partial charge in [0.05, 0.1) is 5.92 Å². The molecule has 2 N–H and O–H groups in total. The number of nitrogens with zero attached hydrogens (tertiary/aromatic N) is 1. The topological polar surface area (TPSA) is 69.6 Å². The summed E-state index contributed by atoms with van der Waals surface area (Å²) in [4.78, 5) is 27.2. The van der Waals surface area contributed by atoms with Gasteiger partial charge in [-0.1, -0.05) is 30.3 Å². The summed E-state index contributed by atoms with van der Waals surface area (Å²) in [5.74, 6) is -0.572. The standard InChI is InChI=1S/C20H26N2O3/c23-18(21-25)17-12-20(9-10-20)8-6-16(17)19(24)22-11-7-15(13-22)14-4-2-1-3-5-14/h1-5,15-17,25H,6-13H2,(H,21,23)/t15-,16?,17?/m0/s1. The molecule has 4 rings (SSSR count). The van der Waals surface area contributed by atoms with Crippen LogP contribution in [0.25, 0.3) is 0 Å². The van der Waals surface area contributed by atoms with Gasteiger partial charge in [-0.25, -0.2) is 5.48 Å². The summed E-state index contributed by atoms with van der Waals surface area (Å²) in [5.41, 5.74) is 3.35. The van der Waals surface area contributed by atoms with Gasteiger partial charge in [-0.05, 0) is 49.5 Å². The Hall–Kier alpha value is -1.88. The number of benzene rings is 1. The van der Waals surface area contributed by atoms with Gasteiger partial charge < -0.3 is 4.90 Å². The Labute approximate surface area is 148 Å². The molecule has 3 fully saturated rings. The highest BCUT2D eigenvalue weighted by Crippen LogP contribution is 2.59. The van der Waals surface area contributed by atoms with Gasteiger partial charge >= 0.3 is 0 Å². The zero-order valence-electron chi connectivity index (χ0n) is 14.5. The van der Waals surface area contributed by atoms with E-state index >= 15 is 0 Å². The van der Waals surface area contributed by atoms with Gasteiger partial charge in [-0.15, -0.1) is 0 Å². The van der Waals surface area contributed by atoms with Gasteiger partial charge in [0.15, 0.2) is 0 Å². The predicted octanol–water partition coefficient (Wildman–Crippen LogP) is 2.70. The maximum atomic E-state index is 13.1. The molecule has 2 aliphatic carbocycles. The van der Waals surface area contributed by atoms with Crippen LogP contribution in [0.15, 0.2) is 30.3 Å². The van der Waals surface area contributed by atoms with Crippen molar-refractivity contribution in [3.63, 3.8) is 0 Å². The smallest absolute Gasteiger partial charge is 0.247 e. The summed E-state index contributed by atoms with van der Waals surface area (Å²) in [6.07, 6.45) is 5.83. The zero-order chi connectivity index (χ0) is 17.4. The van der Waals surface area contributed by atoms with Crippen LogP contribution in [0.5, 0.6) is 0 Å². The summed E-state index contributed by atoms with van der Waals surface area (Å²) in [6, 6.07) is 10.3. The first-order chi connectivity index (χ1) is 12.1. The molecule has 5 nitrogen and oxygen atoms in total. The fraction of sp³-hybridized carbons (Fsp3) is 0.600. The lowest BCUT2D eigenvalue weighted by atomic mass is 9.71. The highest BCUT2D eigenvalue weighted by molar-refractivity contribution is 5.87.